The van der Waals surface area contributed by atoms with Crippen molar-refractivity contribution >= 4 is 23.0 Å². The van der Waals surface area contributed by atoms with Crippen LogP contribution in [-0.2, 0) is 4.74 Å². The highest BCUT2D eigenvalue weighted by Crippen LogP contribution is 2.31. The van der Waals surface area contributed by atoms with Crippen LogP contribution in [0.15, 0.2) is 12.1 Å². The van der Waals surface area contributed by atoms with Crippen molar-refractivity contribution in [3.63, 3.8) is 0 Å². The molecule has 1 aromatic carbocycles. The normalized spacial score (nSPS) is 10.5. The molecule has 0 atom stereocenters. The van der Waals surface area contributed by atoms with Gasteiger partial charge in [0.05, 0.1) is 19.8 Å². The highest BCUT2D eigenvalue weighted by Gasteiger charge is 2.25. The Bertz CT molecular complexity index is 775. The molecule has 0 spiro atoms. The summed E-state index contributed by atoms with van der Waals surface area (Å²) in [7, 11) is 0. The number of carboxylic acids is 1. The van der Waals surface area contributed by atoms with Gasteiger partial charge < -0.3 is 19.3 Å². The zero-order chi connectivity index (χ0) is 17.7. The van der Waals surface area contributed by atoms with E-state index in [1.165, 1.54) is 0 Å². The fourth-order valence-electron chi connectivity index (χ4n) is 2.12. The Balaban J connectivity index is 2.78. The van der Waals surface area contributed by atoms with Gasteiger partial charge in [-0.2, -0.15) is 0 Å². The van der Waals surface area contributed by atoms with E-state index >= 15 is 0 Å². The van der Waals surface area contributed by atoms with E-state index in [9.17, 15) is 14.7 Å². The third-order valence-corrected chi connectivity index (χ3v) is 3.02. The third-order valence-electron chi connectivity index (χ3n) is 3.02. The summed E-state index contributed by atoms with van der Waals surface area (Å²) in [5.74, 6) is -1.49. The van der Waals surface area contributed by atoms with E-state index in [0.29, 0.717) is 24.7 Å². The number of rotatable bonds is 7. The smallest absolute Gasteiger partial charge is 0.359 e. The number of fused-ring (bicyclic) bond motifs is 1. The van der Waals surface area contributed by atoms with Gasteiger partial charge in [0.2, 0.25) is 0 Å². The molecule has 24 heavy (non-hydrogen) atoms. The molecule has 0 unspecified atom stereocenters. The van der Waals surface area contributed by atoms with Gasteiger partial charge in [-0.1, -0.05) is 0 Å². The molecule has 0 saturated heterocycles. The number of hydrogen-bond donors (Lipinski definition) is 1. The predicted molar refractivity (Wildman–Crippen MR) is 84.8 cm³/mol. The highest BCUT2D eigenvalue weighted by atomic mass is 16.5. The molecule has 128 valence electrons. The lowest BCUT2D eigenvalue weighted by Crippen LogP contribution is -2.16. The number of carbonyl (C=O) groups excluding carboxylic acids is 1. The Morgan fingerprint density at radius 1 is 0.917 bits per heavy atom. The molecular weight excluding hydrogens is 316 g/mol. The summed E-state index contributed by atoms with van der Waals surface area (Å²) < 4.78 is 15.8. The second-order valence-electron chi connectivity index (χ2n) is 4.57. The van der Waals surface area contributed by atoms with E-state index < -0.39 is 17.6 Å². The number of carboxylic acid groups (broad SMARTS) is 1. The Labute approximate surface area is 138 Å². The van der Waals surface area contributed by atoms with Crippen LogP contribution in [0, 0.1) is 0 Å². The van der Waals surface area contributed by atoms with E-state index in [1.54, 1.807) is 32.9 Å². The van der Waals surface area contributed by atoms with Crippen LogP contribution >= 0.6 is 0 Å². The van der Waals surface area contributed by atoms with Crippen LogP contribution in [0.5, 0.6) is 11.5 Å². The first-order chi connectivity index (χ1) is 11.5. The minimum absolute atomic E-state index is 0.0922. The fourth-order valence-corrected chi connectivity index (χ4v) is 2.12. The van der Waals surface area contributed by atoms with E-state index in [4.69, 9.17) is 14.2 Å². The molecule has 2 rings (SSSR count). The van der Waals surface area contributed by atoms with E-state index in [0.717, 1.165) is 0 Å². The standard InChI is InChI=1S/C16H18N2O6/c1-4-22-9-7-8-10(23-5-2)12-11(9)17-13(15(19)20)14(18-12)16(21)24-6-3/h7-8H,4-6H2,1-3H3,(H,19,20). The van der Waals surface area contributed by atoms with E-state index in [1.807, 2.05) is 0 Å². The van der Waals surface area contributed by atoms with Crippen LogP contribution in [0.4, 0.5) is 0 Å². The lowest BCUT2D eigenvalue weighted by molar-refractivity contribution is 0.0506. The first-order valence-electron chi connectivity index (χ1n) is 7.54. The summed E-state index contributed by atoms with van der Waals surface area (Å²) in [6, 6.07) is 3.27. The summed E-state index contributed by atoms with van der Waals surface area (Å²) in [4.78, 5) is 31.7. The molecule has 1 heterocycles. The van der Waals surface area contributed by atoms with Crippen molar-refractivity contribution in [3.8, 4) is 11.5 Å². The van der Waals surface area contributed by atoms with Gasteiger partial charge in [0.25, 0.3) is 0 Å². The largest absolute Gasteiger partial charge is 0.492 e. The van der Waals surface area contributed by atoms with E-state index in [-0.39, 0.29) is 23.3 Å². The molecule has 0 radical (unpaired) electrons. The molecular formula is C16H18N2O6. The average Bonchev–Trinajstić information content (AvgIpc) is 2.56. The summed E-state index contributed by atoms with van der Waals surface area (Å²) >= 11 is 0. The average molecular weight is 334 g/mol. The molecule has 0 fully saturated rings. The monoisotopic (exact) mass is 334 g/mol. The number of nitrogens with zero attached hydrogens (tertiary/aromatic N) is 2. The lowest BCUT2D eigenvalue weighted by atomic mass is 10.2. The Kier molecular flexibility index (Phi) is 5.51. The summed E-state index contributed by atoms with van der Waals surface area (Å²) in [6.45, 7) is 6.04. The van der Waals surface area contributed by atoms with Crippen molar-refractivity contribution in [2.45, 2.75) is 20.8 Å². The molecule has 0 aliphatic carbocycles. The molecule has 1 N–H and O–H groups in total. The Morgan fingerprint density at radius 2 is 1.42 bits per heavy atom. The molecule has 0 saturated carbocycles. The van der Waals surface area contributed by atoms with Crippen LogP contribution in [0.2, 0.25) is 0 Å². The Hall–Kier alpha value is -2.90. The molecule has 0 aliphatic heterocycles. The number of aromatic nitrogens is 2. The van der Waals surface area contributed by atoms with Crippen LogP contribution < -0.4 is 9.47 Å². The topological polar surface area (TPSA) is 108 Å². The van der Waals surface area contributed by atoms with Crippen molar-refractivity contribution in [1.29, 1.82) is 0 Å². The summed E-state index contributed by atoms with van der Waals surface area (Å²) in [5.41, 5.74) is -0.397. The van der Waals surface area contributed by atoms with Crippen LogP contribution in [0.1, 0.15) is 41.7 Å². The van der Waals surface area contributed by atoms with Gasteiger partial charge in [0.1, 0.15) is 22.5 Å². The molecule has 1 aromatic heterocycles. The summed E-state index contributed by atoms with van der Waals surface area (Å²) in [5, 5.41) is 9.35. The van der Waals surface area contributed by atoms with Gasteiger partial charge >= 0.3 is 11.9 Å². The van der Waals surface area contributed by atoms with Crippen molar-refractivity contribution in [2.24, 2.45) is 0 Å². The fraction of sp³-hybridized carbons (Fsp3) is 0.375. The van der Waals surface area contributed by atoms with Crippen molar-refractivity contribution in [2.75, 3.05) is 19.8 Å². The zero-order valence-electron chi connectivity index (χ0n) is 13.7. The van der Waals surface area contributed by atoms with Crippen LogP contribution in [-0.4, -0.2) is 46.8 Å². The molecule has 8 nitrogen and oxygen atoms in total. The number of carbonyl (C=O) groups is 2. The van der Waals surface area contributed by atoms with Crippen molar-refractivity contribution in [3.05, 3.63) is 23.5 Å². The van der Waals surface area contributed by atoms with Crippen LogP contribution in [0.3, 0.4) is 0 Å². The first kappa shape index (κ1) is 17.5. The van der Waals surface area contributed by atoms with E-state index in [2.05, 4.69) is 9.97 Å². The molecule has 0 aliphatic rings. The van der Waals surface area contributed by atoms with Gasteiger partial charge in [-0.15, -0.1) is 0 Å². The predicted octanol–water partition coefficient (Wildman–Crippen LogP) is 2.30. The van der Waals surface area contributed by atoms with Crippen molar-refractivity contribution in [1.82, 2.24) is 9.97 Å². The molecule has 2 aromatic rings. The molecule has 0 amide bonds. The number of aromatic carboxylic acids is 1. The minimum Gasteiger partial charge on any atom is -0.492 e. The number of esters is 1. The molecule has 0 bridgehead atoms. The van der Waals surface area contributed by atoms with Gasteiger partial charge in [-0.05, 0) is 32.9 Å². The SMILES string of the molecule is CCOC(=O)c1nc2c(OCC)ccc(OCC)c2nc1C(=O)O. The minimum atomic E-state index is -1.38. The van der Waals surface area contributed by atoms with Gasteiger partial charge in [0.15, 0.2) is 11.4 Å². The first-order valence-corrected chi connectivity index (χ1v) is 7.54. The maximum absolute atomic E-state index is 12.0. The zero-order valence-corrected chi connectivity index (χ0v) is 13.7. The van der Waals surface area contributed by atoms with Gasteiger partial charge in [0, 0.05) is 0 Å². The maximum atomic E-state index is 12.0. The molecule has 8 heteroatoms. The Morgan fingerprint density at radius 3 is 1.83 bits per heavy atom. The second-order valence-corrected chi connectivity index (χ2v) is 4.57. The summed E-state index contributed by atoms with van der Waals surface area (Å²) in [6.07, 6.45) is 0. The van der Waals surface area contributed by atoms with Gasteiger partial charge in [-0.3, -0.25) is 0 Å². The quantitative estimate of drug-likeness (QED) is 0.768. The number of ether oxygens (including phenoxy) is 3. The number of benzene rings is 1. The maximum Gasteiger partial charge on any atom is 0.359 e. The van der Waals surface area contributed by atoms with Crippen LogP contribution in [0.25, 0.3) is 11.0 Å². The van der Waals surface area contributed by atoms with Crippen molar-refractivity contribution < 1.29 is 28.9 Å². The second kappa shape index (κ2) is 7.58. The third kappa shape index (κ3) is 3.37. The lowest BCUT2D eigenvalue weighted by Gasteiger charge is -2.13. The highest BCUT2D eigenvalue weighted by molar-refractivity contribution is 6.02. The number of hydrogen-bond acceptors (Lipinski definition) is 7. The van der Waals surface area contributed by atoms with Gasteiger partial charge in [-0.25, -0.2) is 19.6 Å².